The first-order valence-corrected chi connectivity index (χ1v) is 14.4. The number of piperidine rings is 2. The zero-order valence-corrected chi connectivity index (χ0v) is 22.6. The van der Waals surface area contributed by atoms with Gasteiger partial charge in [0.15, 0.2) is 0 Å². The summed E-state index contributed by atoms with van der Waals surface area (Å²) >= 11 is 5.12. The molecule has 1 atom stereocenters. The Morgan fingerprint density at radius 3 is 2.46 bits per heavy atom. The van der Waals surface area contributed by atoms with Crippen LogP contribution in [0.4, 0.5) is 5.00 Å². The van der Waals surface area contributed by atoms with Gasteiger partial charge in [-0.15, -0.1) is 11.3 Å². The molecule has 4 nitrogen and oxygen atoms in total. The van der Waals surface area contributed by atoms with E-state index in [1.165, 1.54) is 30.4 Å². The lowest BCUT2D eigenvalue weighted by atomic mass is 9.62. The van der Waals surface area contributed by atoms with Gasteiger partial charge in [0.2, 0.25) is 5.91 Å². The SMILES string of the molecule is O=C(CN1CCCC(c2ccccc2)(C2CCN(Cc3ccc(Br)cc3)CC2)C1)Nc1cccs1. The second-order valence-electron chi connectivity index (χ2n) is 10.0. The maximum absolute atomic E-state index is 12.8. The van der Waals surface area contributed by atoms with Crippen LogP contribution in [0.25, 0.3) is 0 Å². The fraction of sp³-hybridized carbons (Fsp3) is 0.414. The van der Waals surface area contributed by atoms with E-state index in [0.717, 1.165) is 48.6 Å². The smallest absolute Gasteiger partial charge is 0.239 e. The number of halogens is 1. The van der Waals surface area contributed by atoms with Crippen molar-refractivity contribution in [3.05, 3.63) is 87.7 Å². The molecule has 6 heteroatoms. The van der Waals surface area contributed by atoms with Crippen LogP contribution >= 0.6 is 27.3 Å². The number of benzene rings is 2. The molecule has 5 rings (SSSR count). The zero-order chi connectivity index (χ0) is 24.1. The van der Waals surface area contributed by atoms with Crippen LogP contribution in [-0.2, 0) is 16.8 Å². The van der Waals surface area contributed by atoms with Gasteiger partial charge in [0.05, 0.1) is 11.5 Å². The van der Waals surface area contributed by atoms with Crippen LogP contribution in [0, 0.1) is 5.92 Å². The minimum absolute atomic E-state index is 0.0978. The Balaban J connectivity index is 1.27. The molecular weight excluding hydrogens is 518 g/mol. The molecule has 0 radical (unpaired) electrons. The molecule has 2 aromatic carbocycles. The van der Waals surface area contributed by atoms with Crippen molar-refractivity contribution in [2.45, 2.75) is 37.6 Å². The van der Waals surface area contributed by atoms with E-state index in [4.69, 9.17) is 0 Å². The molecule has 0 aliphatic carbocycles. The predicted octanol–water partition coefficient (Wildman–Crippen LogP) is 6.40. The molecule has 0 bridgehead atoms. The normalized spacial score (nSPS) is 22.2. The number of thiophene rings is 1. The van der Waals surface area contributed by atoms with Crippen molar-refractivity contribution in [2.24, 2.45) is 5.92 Å². The molecule has 3 heterocycles. The largest absolute Gasteiger partial charge is 0.317 e. The molecule has 1 N–H and O–H groups in total. The summed E-state index contributed by atoms with van der Waals surface area (Å²) in [5, 5.41) is 6.01. The lowest BCUT2D eigenvalue weighted by Crippen LogP contribution is -2.54. The van der Waals surface area contributed by atoms with Gasteiger partial charge in [0.1, 0.15) is 0 Å². The molecule has 3 aromatic rings. The van der Waals surface area contributed by atoms with Crippen molar-refractivity contribution in [1.82, 2.24) is 9.80 Å². The number of amides is 1. The standard InChI is InChI=1S/C29H34BrN3OS/c30-26-11-9-23(10-12-26)20-32-17-13-25(14-18-32)29(24-6-2-1-3-7-24)15-5-16-33(22-29)21-27(34)31-28-8-4-19-35-28/h1-4,6-12,19,25H,5,13-18,20-22H2,(H,31,34). The van der Waals surface area contributed by atoms with Gasteiger partial charge >= 0.3 is 0 Å². The fourth-order valence-corrected chi connectivity index (χ4v) is 7.00. The first-order valence-electron chi connectivity index (χ1n) is 12.7. The summed E-state index contributed by atoms with van der Waals surface area (Å²) in [5.74, 6) is 0.731. The number of rotatable bonds is 7. The Hall–Kier alpha value is -1.99. The van der Waals surface area contributed by atoms with Crippen LogP contribution in [0.15, 0.2) is 76.6 Å². The van der Waals surface area contributed by atoms with E-state index in [0.29, 0.717) is 12.5 Å². The summed E-state index contributed by atoms with van der Waals surface area (Å²) < 4.78 is 1.13. The van der Waals surface area contributed by atoms with E-state index >= 15 is 0 Å². The highest BCUT2D eigenvalue weighted by atomic mass is 79.9. The monoisotopic (exact) mass is 551 g/mol. The summed E-state index contributed by atoms with van der Waals surface area (Å²) in [6, 6.07) is 23.8. The third-order valence-corrected chi connectivity index (χ3v) is 9.11. The first-order chi connectivity index (χ1) is 17.1. The summed E-state index contributed by atoms with van der Waals surface area (Å²) in [6.07, 6.45) is 4.76. The lowest BCUT2D eigenvalue weighted by Gasteiger charge is -2.50. The van der Waals surface area contributed by atoms with Gasteiger partial charge in [-0.1, -0.05) is 58.4 Å². The quantitative estimate of drug-likeness (QED) is 0.369. The highest BCUT2D eigenvalue weighted by molar-refractivity contribution is 9.10. The third kappa shape index (κ3) is 6.05. The van der Waals surface area contributed by atoms with Crippen LogP contribution in [-0.4, -0.2) is 48.4 Å². The Morgan fingerprint density at radius 2 is 1.74 bits per heavy atom. The van der Waals surface area contributed by atoms with Crippen molar-refractivity contribution in [1.29, 1.82) is 0 Å². The number of anilines is 1. The van der Waals surface area contributed by atoms with Crippen LogP contribution in [0.5, 0.6) is 0 Å². The minimum atomic E-state index is 0.0978. The zero-order valence-electron chi connectivity index (χ0n) is 20.2. The molecule has 2 fully saturated rings. The highest BCUT2D eigenvalue weighted by Gasteiger charge is 2.44. The minimum Gasteiger partial charge on any atom is -0.317 e. The van der Waals surface area contributed by atoms with E-state index in [1.54, 1.807) is 11.3 Å². The average Bonchev–Trinajstić information content (AvgIpc) is 3.39. The van der Waals surface area contributed by atoms with E-state index in [2.05, 4.69) is 85.6 Å². The lowest BCUT2D eigenvalue weighted by molar-refractivity contribution is -0.118. The molecule has 1 aromatic heterocycles. The number of hydrogen-bond acceptors (Lipinski definition) is 4. The number of carbonyl (C=O) groups excluding carboxylic acids is 1. The summed E-state index contributed by atoms with van der Waals surface area (Å²) in [6.45, 7) is 5.71. The number of carbonyl (C=O) groups is 1. The Bertz CT molecular complexity index is 1080. The molecule has 2 aliphatic rings. The number of likely N-dealkylation sites (tertiary alicyclic amines) is 2. The van der Waals surface area contributed by atoms with Crippen LogP contribution in [0.1, 0.15) is 36.8 Å². The second kappa shape index (κ2) is 11.4. The van der Waals surface area contributed by atoms with Crippen molar-refractivity contribution in [3.63, 3.8) is 0 Å². The second-order valence-corrected chi connectivity index (χ2v) is 11.9. The summed E-state index contributed by atoms with van der Waals surface area (Å²) in [5.41, 5.74) is 2.95. The van der Waals surface area contributed by atoms with Gasteiger partial charge in [0, 0.05) is 23.0 Å². The number of nitrogens with one attached hydrogen (secondary N) is 1. The van der Waals surface area contributed by atoms with Gasteiger partial charge in [-0.25, -0.2) is 0 Å². The molecular formula is C29H34BrN3OS. The van der Waals surface area contributed by atoms with E-state index < -0.39 is 0 Å². The van der Waals surface area contributed by atoms with Crippen LogP contribution in [0.2, 0.25) is 0 Å². The van der Waals surface area contributed by atoms with Gasteiger partial charge < -0.3 is 5.32 Å². The van der Waals surface area contributed by atoms with Crippen LogP contribution in [0.3, 0.4) is 0 Å². The molecule has 184 valence electrons. The van der Waals surface area contributed by atoms with Crippen molar-refractivity contribution >= 4 is 38.2 Å². The molecule has 0 saturated carbocycles. The van der Waals surface area contributed by atoms with E-state index in [-0.39, 0.29) is 11.3 Å². The Kier molecular flexibility index (Phi) is 8.03. The maximum atomic E-state index is 12.8. The van der Waals surface area contributed by atoms with Gasteiger partial charge in [0.25, 0.3) is 0 Å². The van der Waals surface area contributed by atoms with Crippen molar-refractivity contribution < 1.29 is 4.79 Å². The van der Waals surface area contributed by atoms with E-state index in [1.807, 2.05) is 17.5 Å². The molecule has 2 aliphatic heterocycles. The average molecular weight is 553 g/mol. The maximum Gasteiger partial charge on any atom is 0.239 e. The molecule has 1 amide bonds. The van der Waals surface area contributed by atoms with Gasteiger partial charge in [-0.3, -0.25) is 14.6 Å². The molecule has 1 unspecified atom stereocenters. The molecule has 35 heavy (non-hydrogen) atoms. The van der Waals surface area contributed by atoms with E-state index in [9.17, 15) is 4.79 Å². The summed E-state index contributed by atoms with van der Waals surface area (Å²) in [7, 11) is 0. The predicted molar refractivity (Wildman–Crippen MR) is 149 cm³/mol. The van der Waals surface area contributed by atoms with Crippen LogP contribution < -0.4 is 5.32 Å². The first kappa shape index (κ1) is 24.7. The van der Waals surface area contributed by atoms with Gasteiger partial charge in [-0.2, -0.15) is 0 Å². The van der Waals surface area contributed by atoms with Crippen molar-refractivity contribution in [2.75, 3.05) is 38.0 Å². The number of nitrogens with zero attached hydrogens (tertiary/aromatic N) is 2. The molecule has 0 spiro atoms. The fourth-order valence-electron chi connectivity index (χ4n) is 6.11. The Morgan fingerprint density at radius 1 is 0.971 bits per heavy atom. The highest BCUT2D eigenvalue weighted by Crippen LogP contribution is 2.45. The van der Waals surface area contributed by atoms with Gasteiger partial charge in [-0.05, 0) is 92.0 Å². The topological polar surface area (TPSA) is 35.6 Å². The van der Waals surface area contributed by atoms with Crippen molar-refractivity contribution in [3.8, 4) is 0 Å². The summed E-state index contributed by atoms with van der Waals surface area (Å²) in [4.78, 5) is 17.8. The molecule has 2 saturated heterocycles. The third-order valence-electron chi connectivity index (χ3n) is 7.79. The Labute approximate surface area is 221 Å². The number of hydrogen-bond donors (Lipinski definition) is 1.